The first-order valence-electron chi connectivity index (χ1n) is 6.74. The molecule has 1 aromatic carbocycles. The molecule has 0 aliphatic carbocycles. The zero-order valence-corrected chi connectivity index (χ0v) is 12.8. The number of nitrogens with zero attached hydrogens (tertiary/aromatic N) is 2. The first-order valence-corrected chi connectivity index (χ1v) is 7.62. The number of hydrogen-bond acceptors (Lipinski definition) is 4. The summed E-state index contributed by atoms with van der Waals surface area (Å²) in [4.78, 5) is 18.2. The van der Waals surface area contributed by atoms with Crippen LogP contribution < -0.4 is 5.73 Å². The number of nitrogens with two attached hydrogens (primary N) is 1. The molecule has 0 bridgehead atoms. The zero-order valence-electron chi connectivity index (χ0n) is 12.0. The van der Waals surface area contributed by atoms with E-state index in [4.69, 9.17) is 5.73 Å². The number of benzene rings is 1. The van der Waals surface area contributed by atoms with E-state index in [1.807, 2.05) is 32.0 Å². The van der Waals surface area contributed by atoms with Crippen molar-refractivity contribution in [2.24, 2.45) is 10.7 Å². The van der Waals surface area contributed by atoms with Crippen molar-refractivity contribution in [1.29, 1.82) is 0 Å². The molecule has 1 aromatic rings. The number of aliphatic imine (C=N–C) groups is 1. The molecular formula is C15H19N3OS. The van der Waals surface area contributed by atoms with E-state index in [0.717, 1.165) is 5.84 Å². The van der Waals surface area contributed by atoms with Gasteiger partial charge in [0.2, 0.25) is 0 Å². The maximum absolute atomic E-state index is 12.7. The van der Waals surface area contributed by atoms with Crippen LogP contribution in [0.2, 0.25) is 0 Å². The quantitative estimate of drug-likeness (QED) is 0.862. The van der Waals surface area contributed by atoms with Crippen LogP contribution in [0.1, 0.15) is 31.1 Å². The van der Waals surface area contributed by atoms with Crippen molar-refractivity contribution in [1.82, 2.24) is 4.90 Å². The summed E-state index contributed by atoms with van der Waals surface area (Å²) < 4.78 is 0. The standard InChI is InChI=1S/C15H19N3OS/c1-10-17-15(13(19)18(10)3)9-12(20-14(15,2)16)11-7-5-4-6-8-11/h4-8,12H,9,16H2,1-3H3. The highest BCUT2D eigenvalue weighted by Gasteiger charge is 2.63. The fraction of sp³-hybridized carbons (Fsp3) is 0.467. The highest BCUT2D eigenvalue weighted by atomic mass is 32.2. The second-order valence-corrected chi connectivity index (χ2v) is 7.36. The third kappa shape index (κ3) is 1.73. The Kier molecular flexibility index (Phi) is 2.95. The van der Waals surface area contributed by atoms with Crippen molar-refractivity contribution in [3.8, 4) is 0 Å². The van der Waals surface area contributed by atoms with Crippen LogP contribution in [0.5, 0.6) is 0 Å². The van der Waals surface area contributed by atoms with Gasteiger partial charge in [0.05, 0.1) is 4.87 Å². The number of carbonyl (C=O) groups excluding carboxylic acids is 1. The van der Waals surface area contributed by atoms with Gasteiger partial charge in [-0.15, -0.1) is 11.8 Å². The highest BCUT2D eigenvalue weighted by molar-refractivity contribution is 8.01. The van der Waals surface area contributed by atoms with E-state index in [-0.39, 0.29) is 11.2 Å². The van der Waals surface area contributed by atoms with Gasteiger partial charge in [0.15, 0.2) is 5.54 Å². The number of rotatable bonds is 1. The lowest BCUT2D eigenvalue weighted by Crippen LogP contribution is -2.57. The summed E-state index contributed by atoms with van der Waals surface area (Å²) in [5, 5.41) is 0.207. The molecule has 2 aliphatic rings. The average molecular weight is 289 g/mol. The Morgan fingerprint density at radius 2 is 2.05 bits per heavy atom. The maximum Gasteiger partial charge on any atom is 0.258 e. The van der Waals surface area contributed by atoms with Crippen molar-refractivity contribution in [2.75, 3.05) is 7.05 Å². The van der Waals surface area contributed by atoms with E-state index >= 15 is 0 Å². The molecule has 2 heterocycles. The van der Waals surface area contributed by atoms with Gasteiger partial charge in [-0.3, -0.25) is 9.79 Å². The molecule has 3 rings (SSSR count). The molecule has 106 valence electrons. The molecule has 5 heteroatoms. The Labute approximate surface area is 123 Å². The minimum absolute atomic E-state index is 0.0194. The first kappa shape index (κ1) is 13.6. The van der Waals surface area contributed by atoms with Crippen molar-refractivity contribution in [2.45, 2.75) is 35.9 Å². The molecule has 1 saturated heterocycles. The number of carbonyl (C=O) groups is 1. The molecule has 3 atom stereocenters. The molecule has 4 nitrogen and oxygen atoms in total. The lowest BCUT2D eigenvalue weighted by molar-refractivity contribution is -0.131. The highest BCUT2D eigenvalue weighted by Crippen LogP contribution is 2.57. The zero-order chi connectivity index (χ0) is 14.5. The van der Waals surface area contributed by atoms with Crippen LogP contribution in [0.3, 0.4) is 0 Å². The second kappa shape index (κ2) is 4.33. The molecule has 0 aromatic heterocycles. The van der Waals surface area contributed by atoms with Crippen LogP contribution in [0.4, 0.5) is 0 Å². The third-order valence-electron chi connectivity index (χ3n) is 4.36. The Morgan fingerprint density at radius 3 is 2.60 bits per heavy atom. The molecule has 1 spiro atoms. The van der Waals surface area contributed by atoms with Gasteiger partial charge in [0.1, 0.15) is 5.84 Å². The Balaban J connectivity index is 2.01. The molecule has 0 saturated carbocycles. The van der Waals surface area contributed by atoms with Crippen LogP contribution in [0.25, 0.3) is 0 Å². The molecule has 0 radical (unpaired) electrons. The Hall–Kier alpha value is -1.33. The van der Waals surface area contributed by atoms with Crippen LogP contribution in [0.15, 0.2) is 35.3 Å². The smallest absolute Gasteiger partial charge is 0.258 e. The van der Waals surface area contributed by atoms with E-state index in [1.165, 1.54) is 5.56 Å². The Morgan fingerprint density at radius 1 is 1.40 bits per heavy atom. The summed E-state index contributed by atoms with van der Waals surface area (Å²) in [6.45, 7) is 3.79. The molecule has 2 N–H and O–H groups in total. The summed E-state index contributed by atoms with van der Waals surface area (Å²) in [6.07, 6.45) is 0.662. The SMILES string of the molecule is CC1=NC2(CC(c3ccccc3)SC2(C)N)C(=O)N1C. The normalized spacial score (nSPS) is 36.8. The summed E-state index contributed by atoms with van der Waals surface area (Å²) >= 11 is 1.65. The lowest BCUT2D eigenvalue weighted by Gasteiger charge is -2.32. The molecule has 3 unspecified atom stereocenters. The largest absolute Gasteiger partial charge is 0.315 e. The van der Waals surface area contributed by atoms with Crippen molar-refractivity contribution in [3.05, 3.63) is 35.9 Å². The summed E-state index contributed by atoms with van der Waals surface area (Å²) in [7, 11) is 1.77. The van der Waals surface area contributed by atoms with E-state index < -0.39 is 10.4 Å². The summed E-state index contributed by atoms with van der Waals surface area (Å²) in [6, 6.07) is 10.2. The fourth-order valence-electron chi connectivity index (χ4n) is 3.04. The summed E-state index contributed by atoms with van der Waals surface area (Å²) in [5.74, 6) is 0.770. The van der Waals surface area contributed by atoms with Gasteiger partial charge in [-0.05, 0) is 19.4 Å². The lowest BCUT2D eigenvalue weighted by atomic mass is 9.85. The van der Waals surface area contributed by atoms with E-state index in [9.17, 15) is 4.79 Å². The van der Waals surface area contributed by atoms with Crippen LogP contribution >= 0.6 is 11.8 Å². The molecule has 1 amide bonds. The van der Waals surface area contributed by atoms with Gasteiger partial charge >= 0.3 is 0 Å². The molecular weight excluding hydrogens is 270 g/mol. The second-order valence-electron chi connectivity index (χ2n) is 5.71. The van der Waals surface area contributed by atoms with Crippen LogP contribution in [0, 0.1) is 0 Å². The predicted molar refractivity (Wildman–Crippen MR) is 82.6 cm³/mol. The Bertz CT molecular complexity index is 584. The number of hydrogen-bond donors (Lipinski definition) is 1. The van der Waals surface area contributed by atoms with Crippen molar-refractivity contribution < 1.29 is 4.79 Å². The monoisotopic (exact) mass is 289 g/mol. The molecule has 20 heavy (non-hydrogen) atoms. The minimum atomic E-state index is -0.822. The van der Waals surface area contributed by atoms with Crippen LogP contribution in [-0.4, -0.2) is 34.1 Å². The minimum Gasteiger partial charge on any atom is -0.315 e. The summed E-state index contributed by atoms with van der Waals surface area (Å²) in [5.41, 5.74) is 6.86. The number of amidine groups is 1. The van der Waals surface area contributed by atoms with Crippen LogP contribution in [-0.2, 0) is 4.79 Å². The van der Waals surface area contributed by atoms with E-state index in [0.29, 0.717) is 6.42 Å². The third-order valence-corrected chi connectivity index (χ3v) is 5.91. The van der Waals surface area contributed by atoms with Gasteiger partial charge in [-0.2, -0.15) is 0 Å². The fourth-order valence-corrected chi connectivity index (χ4v) is 4.66. The molecule has 2 aliphatic heterocycles. The van der Waals surface area contributed by atoms with Crippen molar-refractivity contribution in [3.63, 3.8) is 0 Å². The molecule has 1 fully saturated rings. The van der Waals surface area contributed by atoms with Gasteiger partial charge in [-0.25, -0.2) is 0 Å². The van der Waals surface area contributed by atoms with Gasteiger partial charge in [-0.1, -0.05) is 30.3 Å². The average Bonchev–Trinajstić information content (AvgIpc) is 2.81. The van der Waals surface area contributed by atoms with Gasteiger partial charge in [0.25, 0.3) is 5.91 Å². The predicted octanol–water partition coefficient (Wildman–Crippen LogP) is 2.17. The van der Waals surface area contributed by atoms with Gasteiger partial charge < -0.3 is 10.6 Å². The number of amides is 1. The number of thioether (sulfide) groups is 1. The maximum atomic E-state index is 12.7. The first-order chi connectivity index (χ1) is 9.37. The number of likely N-dealkylation sites (N-methyl/N-ethyl adjacent to an activating group) is 1. The van der Waals surface area contributed by atoms with Gasteiger partial charge in [0, 0.05) is 18.7 Å². The van der Waals surface area contributed by atoms with E-state index in [2.05, 4.69) is 17.1 Å². The topological polar surface area (TPSA) is 58.7 Å². The van der Waals surface area contributed by atoms with E-state index in [1.54, 1.807) is 23.7 Å². The van der Waals surface area contributed by atoms with Crippen molar-refractivity contribution >= 4 is 23.5 Å².